The molecule has 0 radical (unpaired) electrons. The van der Waals surface area contributed by atoms with Crippen molar-refractivity contribution in [1.82, 2.24) is 30.1 Å². The van der Waals surface area contributed by atoms with Gasteiger partial charge in [-0.25, -0.2) is 9.80 Å². The number of hydrogen-bond acceptors (Lipinski definition) is 8. The fraction of sp³-hybridized carbons (Fsp3) is 0.464. The van der Waals surface area contributed by atoms with Crippen molar-refractivity contribution in [3.8, 4) is 5.00 Å². The Morgan fingerprint density at radius 2 is 1.75 bits per heavy atom. The number of nitrogens with zero attached hydrogens (tertiary/aromatic N) is 6. The third kappa shape index (κ3) is 5.77. The van der Waals surface area contributed by atoms with Crippen LogP contribution in [0.5, 0.6) is 0 Å². The monoisotopic (exact) mass is 583 g/mol. The van der Waals surface area contributed by atoms with Crippen molar-refractivity contribution in [3.63, 3.8) is 0 Å². The lowest BCUT2D eigenvalue weighted by atomic mass is 9.99. The zero-order valence-corrected chi connectivity index (χ0v) is 25.2. The fourth-order valence-corrected chi connectivity index (χ4v) is 6.26. The number of ether oxygens (including phenoxy) is 1. The van der Waals surface area contributed by atoms with Gasteiger partial charge in [-0.3, -0.25) is 19.8 Å². The Morgan fingerprint density at radius 3 is 2.40 bits per heavy atom. The third-order valence-electron chi connectivity index (χ3n) is 7.01. The van der Waals surface area contributed by atoms with E-state index in [1.54, 1.807) is 16.3 Å². The van der Waals surface area contributed by atoms with E-state index in [0.29, 0.717) is 37.0 Å². The van der Waals surface area contributed by atoms with Crippen LogP contribution in [0.4, 0.5) is 4.79 Å². The number of aryl methyl sites for hydroxylation is 2. The lowest BCUT2D eigenvalue weighted by Gasteiger charge is -2.35. The molecule has 12 heteroatoms. The highest BCUT2D eigenvalue weighted by atomic mass is 35.5. The van der Waals surface area contributed by atoms with E-state index in [1.807, 2.05) is 61.4 Å². The van der Waals surface area contributed by atoms with Gasteiger partial charge < -0.3 is 9.64 Å². The van der Waals surface area contributed by atoms with E-state index in [4.69, 9.17) is 21.3 Å². The van der Waals surface area contributed by atoms with Crippen LogP contribution in [0.3, 0.4) is 0 Å². The van der Waals surface area contributed by atoms with E-state index in [9.17, 15) is 9.59 Å². The number of carbonyl (C=O) groups excluding carboxylic acids is 2. The van der Waals surface area contributed by atoms with Crippen molar-refractivity contribution < 1.29 is 14.3 Å². The van der Waals surface area contributed by atoms with Gasteiger partial charge >= 0.3 is 6.09 Å². The molecule has 1 saturated heterocycles. The SMILES string of the molecule is Cc1sc2c(c1C)C(c1ccc(Cl)cc1)=N[C@@H](CC(=O)N1CCN(NC(=O)OC(C)(C)C)CC1)c1nnc(C)n1-2. The topological polar surface area (TPSA) is 105 Å². The van der Waals surface area contributed by atoms with Gasteiger partial charge in [0.2, 0.25) is 5.91 Å². The largest absolute Gasteiger partial charge is 0.443 e. The number of hydrazine groups is 1. The molecule has 5 rings (SSSR count). The summed E-state index contributed by atoms with van der Waals surface area (Å²) in [5.41, 5.74) is 6.12. The molecule has 2 amide bonds. The van der Waals surface area contributed by atoms with Crippen molar-refractivity contribution in [2.75, 3.05) is 26.2 Å². The number of halogens is 1. The van der Waals surface area contributed by atoms with Crippen molar-refractivity contribution in [1.29, 1.82) is 0 Å². The molecule has 0 bridgehead atoms. The number of thiophene rings is 1. The molecule has 212 valence electrons. The lowest BCUT2D eigenvalue weighted by Crippen LogP contribution is -2.55. The molecular weight excluding hydrogens is 550 g/mol. The Balaban J connectivity index is 1.40. The highest BCUT2D eigenvalue weighted by molar-refractivity contribution is 7.15. The summed E-state index contributed by atoms with van der Waals surface area (Å²) < 4.78 is 7.39. The summed E-state index contributed by atoms with van der Waals surface area (Å²) >= 11 is 7.88. The third-order valence-corrected chi connectivity index (χ3v) is 8.45. The van der Waals surface area contributed by atoms with Crippen LogP contribution < -0.4 is 5.43 Å². The Kier molecular flexibility index (Phi) is 7.73. The zero-order chi connectivity index (χ0) is 28.8. The maximum atomic E-state index is 13.6. The van der Waals surface area contributed by atoms with Crippen molar-refractivity contribution in [2.45, 2.75) is 59.6 Å². The molecule has 10 nitrogen and oxygen atoms in total. The number of rotatable bonds is 4. The minimum Gasteiger partial charge on any atom is -0.443 e. The molecule has 0 unspecified atom stereocenters. The number of carbonyl (C=O) groups is 2. The first kappa shape index (κ1) is 28.3. The van der Waals surface area contributed by atoms with E-state index in [2.05, 4.69) is 29.5 Å². The van der Waals surface area contributed by atoms with Crippen LogP contribution in [0.1, 0.15) is 66.5 Å². The van der Waals surface area contributed by atoms with E-state index < -0.39 is 17.7 Å². The number of aromatic nitrogens is 3. The van der Waals surface area contributed by atoms with E-state index in [-0.39, 0.29) is 12.3 Å². The fourth-order valence-electron chi connectivity index (χ4n) is 4.92. The number of hydrogen-bond donors (Lipinski definition) is 1. The molecule has 0 aliphatic carbocycles. The molecular formula is C28H34ClN7O3S. The Morgan fingerprint density at radius 1 is 1.07 bits per heavy atom. The first-order chi connectivity index (χ1) is 18.9. The van der Waals surface area contributed by atoms with Crippen LogP contribution in [0.15, 0.2) is 29.3 Å². The molecule has 1 aromatic carbocycles. The summed E-state index contributed by atoms with van der Waals surface area (Å²) in [6.45, 7) is 13.6. The number of benzene rings is 1. The Bertz CT molecular complexity index is 1460. The summed E-state index contributed by atoms with van der Waals surface area (Å²) in [7, 11) is 0. The van der Waals surface area contributed by atoms with E-state index >= 15 is 0 Å². The zero-order valence-electron chi connectivity index (χ0n) is 23.6. The van der Waals surface area contributed by atoms with Crippen LogP contribution in [-0.2, 0) is 9.53 Å². The lowest BCUT2D eigenvalue weighted by molar-refractivity contribution is -0.133. The predicted octanol–water partition coefficient (Wildman–Crippen LogP) is 4.77. The minimum atomic E-state index is -0.578. The second-order valence-corrected chi connectivity index (χ2v) is 12.7. The van der Waals surface area contributed by atoms with Gasteiger partial charge in [-0.1, -0.05) is 23.7 Å². The molecule has 1 fully saturated rings. The summed E-state index contributed by atoms with van der Waals surface area (Å²) in [5.74, 6) is 1.39. The molecule has 3 aromatic rings. The summed E-state index contributed by atoms with van der Waals surface area (Å²) in [6.07, 6.45) is -0.343. The molecule has 40 heavy (non-hydrogen) atoms. The van der Waals surface area contributed by atoms with Gasteiger partial charge in [0.05, 0.1) is 12.1 Å². The quantitative estimate of drug-likeness (QED) is 0.474. The van der Waals surface area contributed by atoms with Gasteiger partial charge in [0.25, 0.3) is 0 Å². The molecule has 0 saturated carbocycles. The van der Waals surface area contributed by atoms with Crippen LogP contribution in [0, 0.1) is 20.8 Å². The van der Waals surface area contributed by atoms with Crippen molar-refractivity contribution in [3.05, 3.63) is 62.5 Å². The van der Waals surface area contributed by atoms with Gasteiger partial charge in [-0.15, -0.1) is 21.5 Å². The van der Waals surface area contributed by atoms with Crippen molar-refractivity contribution in [2.24, 2.45) is 4.99 Å². The molecule has 2 aliphatic rings. The van der Waals surface area contributed by atoms with E-state index in [0.717, 1.165) is 33.2 Å². The van der Waals surface area contributed by atoms with Gasteiger partial charge in [0.15, 0.2) is 5.82 Å². The van der Waals surface area contributed by atoms with Gasteiger partial charge in [0.1, 0.15) is 22.5 Å². The second-order valence-electron chi connectivity index (χ2n) is 11.1. The predicted molar refractivity (Wildman–Crippen MR) is 155 cm³/mol. The second kappa shape index (κ2) is 10.9. The number of piperazine rings is 1. The highest BCUT2D eigenvalue weighted by Gasteiger charge is 2.34. The average molecular weight is 584 g/mol. The van der Waals surface area contributed by atoms with Gasteiger partial charge in [0, 0.05) is 47.2 Å². The molecule has 0 spiro atoms. The van der Waals surface area contributed by atoms with Crippen LogP contribution in [-0.4, -0.2) is 74.2 Å². The first-order valence-electron chi connectivity index (χ1n) is 13.3. The Hall–Kier alpha value is -3.28. The number of nitrogens with one attached hydrogen (secondary N) is 1. The maximum Gasteiger partial charge on any atom is 0.422 e. The minimum absolute atomic E-state index is 0.0218. The maximum absolute atomic E-state index is 13.6. The smallest absolute Gasteiger partial charge is 0.422 e. The van der Waals surface area contributed by atoms with E-state index in [1.165, 1.54) is 4.88 Å². The molecule has 4 heterocycles. The first-order valence-corrected chi connectivity index (χ1v) is 14.5. The van der Waals surface area contributed by atoms with Crippen LogP contribution in [0.2, 0.25) is 5.02 Å². The highest BCUT2D eigenvalue weighted by Crippen LogP contribution is 2.39. The number of aliphatic imine (C=N–C) groups is 1. The summed E-state index contributed by atoms with van der Waals surface area (Å²) in [6, 6.07) is 7.12. The standard InChI is InChI=1S/C28H34ClN7O3S/c1-16-17(2)40-26-23(16)24(19-7-9-20(29)10-8-19)30-21(25-32-31-18(3)36(25)26)15-22(37)34-11-13-35(14-12-34)33-27(38)39-28(4,5)6/h7-10,21H,11-15H2,1-6H3,(H,33,38)/t21-/m0/s1. The van der Waals surface area contributed by atoms with Gasteiger partial charge in [-0.2, -0.15) is 0 Å². The van der Waals surface area contributed by atoms with Crippen LogP contribution >= 0.6 is 22.9 Å². The normalized spacial score (nSPS) is 17.5. The Labute approximate surface area is 243 Å². The molecule has 1 N–H and O–H groups in total. The number of amides is 2. The van der Waals surface area contributed by atoms with Crippen LogP contribution in [0.25, 0.3) is 5.00 Å². The summed E-state index contributed by atoms with van der Waals surface area (Å²) in [4.78, 5) is 33.9. The number of fused-ring (bicyclic) bond motifs is 3. The van der Waals surface area contributed by atoms with Gasteiger partial charge in [-0.05, 0) is 59.2 Å². The molecule has 1 atom stereocenters. The van der Waals surface area contributed by atoms with Crippen molar-refractivity contribution >= 4 is 40.6 Å². The molecule has 2 aromatic heterocycles. The summed E-state index contributed by atoms with van der Waals surface area (Å²) in [5, 5.41) is 12.3. The average Bonchev–Trinajstić information content (AvgIpc) is 3.36. The molecule has 2 aliphatic heterocycles.